The lowest BCUT2D eigenvalue weighted by atomic mass is 10.2. The van der Waals surface area contributed by atoms with Gasteiger partial charge in [0.2, 0.25) is 0 Å². The number of anilines is 2. The van der Waals surface area contributed by atoms with Crippen LogP contribution in [0, 0.1) is 5.82 Å². The Kier molecular flexibility index (Phi) is 9.58. The molecule has 3 heterocycles. The second kappa shape index (κ2) is 13.5. The average Bonchev–Trinajstić information content (AvgIpc) is 3.45. The van der Waals surface area contributed by atoms with E-state index in [2.05, 4.69) is 25.3 Å². The minimum absolute atomic E-state index is 0.0206. The highest BCUT2D eigenvalue weighted by atomic mass is 35.5. The zero-order chi connectivity index (χ0) is 29.5. The summed E-state index contributed by atoms with van der Waals surface area (Å²) in [5.41, 5.74) is 3.42. The van der Waals surface area contributed by atoms with E-state index < -0.39 is 9.84 Å². The van der Waals surface area contributed by atoms with Crippen molar-refractivity contribution < 1.29 is 22.3 Å². The van der Waals surface area contributed by atoms with Crippen molar-refractivity contribution in [3.8, 4) is 17.1 Å². The summed E-state index contributed by atoms with van der Waals surface area (Å²) in [6.07, 6.45) is 3.70. The first-order chi connectivity index (χ1) is 20.3. The fourth-order valence-corrected chi connectivity index (χ4v) is 5.62. The number of nitrogens with one attached hydrogen (secondary N) is 1. The van der Waals surface area contributed by atoms with Crippen LogP contribution < -0.4 is 10.1 Å². The summed E-state index contributed by atoms with van der Waals surface area (Å²) < 4.78 is 47.9. The van der Waals surface area contributed by atoms with E-state index in [-0.39, 0.29) is 30.5 Å². The number of hydrogen-bond donors (Lipinski definition) is 1. The van der Waals surface area contributed by atoms with Gasteiger partial charge in [0.05, 0.1) is 52.1 Å². The first-order valence-corrected chi connectivity index (χ1v) is 16.1. The molecule has 0 spiro atoms. The van der Waals surface area contributed by atoms with Gasteiger partial charge in [0, 0.05) is 28.6 Å². The molecule has 0 aliphatic heterocycles. The molecule has 1 N–H and O–H groups in total. The molecule has 0 amide bonds. The number of sulfone groups is 1. The molecule has 0 unspecified atom stereocenters. The summed E-state index contributed by atoms with van der Waals surface area (Å²) in [5.74, 6) is 0.852. The van der Waals surface area contributed by atoms with Gasteiger partial charge in [-0.15, -0.1) is 11.3 Å². The van der Waals surface area contributed by atoms with Crippen LogP contribution in [0.3, 0.4) is 0 Å². The SMILES string of the molecule is CCS(=O)(=O)CCOCCc1nc(-c2cc3c(Nc4ccc(OCc5cccc(F)c5)c(Cl)c4)ncnc3cn2)cs1. The number of halogens is 2. The Morgan fingerprint density at radius 2 is 1.93 bits per heavy atom. The van der Waals surface area contributed by atoms with Crippen molar-refractivity contribution >= 4 is 55.2 Å². The minimum atomic E-state index is -3.04. The van der Waals surface area contributed by atoms with Gasteiger partial charge in [-0.05, 0) is 42.0 Å². The standard InChI is InChI=1S/C29H27ClFN5O4S2/c1-2-42(37,38)11-10-39-9-8-28-36-26(17-41-28)24-14-22-25(15-32-24)33-18-34-29(22)35-21-6-7-27(23(30)13-21)40-16-19-4-3-5-20(31)12-19/h3-7,12-15,17-18H,2,8-11,16H2,1H3,(H,33,34,35). The second-order valence-corrected chi connectivity index (χ2v) is 13.0. The number of aromatic nitrogens is 4. The maximum Gasteiger partial charge on any atom is 0.152 e. The number of rotatable bonds is 13. The minimum Gasteiger partial charge on any atom is -0.487 e. The molecule has 0 saturated heterocycles. The van der Waals surface area contributed by atoms with E-state index >= 15 is 0 Å². The van der Waals surface area contributed by atoms with Crippen molar-refractivity contribution in [3.05, 3.63) is 87.8 Å². The van der Waals surface area contributed by atoms with E-state index in [9.17, 15) is 12.8 Å². The van der Waals surface area contributed by atoms with Gasteiger partial charge in [-0.25, -0.2) is 27.8 Å². The van der Waals surface area contributed by atoms with Crippen LogP contribution in [0.5, 0.6) is 5.75 Å². The van der Waals surface area contributed by atoms with Crippen LogP contribution in [0.2, 0.25) is 5.02 Å². The molecule has 2 aromatic carbocycles. The highest BCUT2D eigenvalue weighted by Gasteiger charge is 2.12. The molecule has 42 heavy (non-hydrogen) atoms. The third-order valence-electron chi connectivity index (χ3n) is 6.25. The molecule has 9 nitrogen and oxygen atoms in total. The van der Waals surface area contributed by atoms with E-state index in [0.29, 0.717) is 57.8 Å². The third-order valence-corrected chi connectivity index (χ3v) is 9.12. The van der Waals surface area contributed by atoms with Crippen LogP contribution in [-0.4, -0.2) is 53.1 Å². The van der Waals surface area contributed by atoms with Crippen LogP contribution in [0.25, 0.3) is 22.3 Å². The molecule has 0 atom stereocenters. The van der Waals surface area contributed by atoms with Gasteiger partial charge in [0.15, 0.2) is 9.84 Å². The van der Waals surface area contributed by atoms with Gasteiger partial charge in [0.1, 0.15) is 30.3 Å². The fourth-order valence-electron chi connectivity index (χ4n) is 3.95. The summed E-state index contributed by atoms with van der Waals surface area (Å²) in [6.45, 7) is 2.37. The van der Waals surface area contributed by atoms with Crippen LogP contribution in [0.1, 0.15) is 17.5 Å². The Morgan fingerprint density at radius 3 is 2.74 bits per heavy atom. The highest BCUT2D eigenvalue weighted by Crippen LogP contribution is 2.32. The summed E-state index contributed by atoms with van der Waals surface area (Å²) in [5, 5.41) is 7.21. The Morgan fingerprint density at radius 1 is 1.05 bits per heavy atom. The Labute approximate surface area is 251 Å². The van der Waals surface area contributed by atoms with Crippen molar-refractivity contribution in [2.75, 3.05) is 30.0 Å². The van der Waals surface area contributed by atoms with E-state index in [0.717, 1.165) is 10.4 Å². The van der Waals surface area contributed by atoms with Gasteiger partial charge >= 0.3 is 0 Å². The van der Waals surface area contributed by atoms with Crippen molar-refractivity contribution in [2.45, 2.75) is 20.0 Å². The number of hydrogen-bond acceptors (Lipinski definition) is 10. The summed E-state index contributed by atoms with van der Waals surface area (Å²) in [4.78, 5) is 18.0. The predicted octanol–water partition coefficient (Wildman–Crippen LogP) is 6.26. The number of pyridine rings is 1. The normalized spacial score (nSPS) is 11.6. The molecule has 0 bridgehead atoms. The molecule has 0 fully saturated rings. The smallest absolute Gasteiger partial charge is 0.152 e. The largest absolute Gasteiger partial charge is 0.487 e. The zero-order valence-electron chi connectivity index (χ0n) is 22.6. The van der Waals surface area contributed by atoms with Gasteiger partial charge < -0.3 is 14.8 Å². The van der Waals surface area contributed by atoms with E-state index in [4.69, 9.17) is 21.1 Å². The third kappa shape index (κ3) is 7.77. The Bertz CT molecular complexity index is 1800. The molecule has 5 aromatic rings. The van der Waals surface area contributed by atoms with Gasteiger partial charge in [0.25, 0.3) is 0 Å². The molecule has 0 saturated carbocycles. The van der Waals surface area contributed by atoms with E-state index in [1.807, 2.05) is 17.5 Å². The van der Waals surface area contributed by atoms with Crippen LogP contribution >= 0.6 is 22.9 Å². The monoisotopic (exact) mass is 627 g/mol. The van der Waals surface area contributed by atoms with Gasteiger partial charge in [-0.1, -0.05) is 30.7 Å². The lowest BCUT2D eigenvalue weighted by Crippen LogP contribution is -2.14. The number of thiazole rings is 1. The number of fused-ring (bicyclic) bond motifs is 1. The zero-order valence-corrected chi connectivity index (χ0v) is 25.0. The number of benzene rings is 2. The summed E-state index contributed by atoms with van der Waals surface area (Å²) in [6, 6.07) is 13.4. The first kappa shape index (κ1) is 29.8. The highest BCUT2D eigenvalue weighted by molar-refractivity contribution is 7.91. The molecule has 0 aliphatic rings. The van der Waals surface area contributed by atoms with E-state index in [1.54, 1.807) is 37.4 Å². The molecular formula is C29H27ClFN5O4S2. The molecule has 0 aliphatic carbocycles. The molecule has 13 heteroatoms. The van der Waals surface area contributed by atoms with E-state index in [1.165, 1.54) is 29.8 Å². The Hall–Kier alpha value is -3.71. The molecule has 0 radical (unpaired) electrons. The average molecular weight is 628 g/mol. The van der Waals surface area contributed by atoms with Crippen molar-refractivity contribution in [2.24, 2.45) is 0 Å². The first-order valence-electron chi connectivity index (χ1n) is 13.1. The summed E-state index contributed by atoms with van der Waals surface area (Å²) >= 11 is 7.96. The lowest BCUT2D eigenvalue weighted by molar-refractivity contribution is 0.152. The van der Waals surface area contributed by atoms with Crippen molar-refractivity contribution in [1.82, 2.24) is 19.9 Å². The van der Waals surface area contributed by atoms with Gasteiger partial charge in [-0.2, -0.15) is 0 Å². The predicted molar refractivity (Wildman–Crippen MR) is 163 cm³/mol. The van der Waals surface area contributed by atoms with Gasteiger partial charge in [-0.3, -0.25) is 4.98 Å². The van der Waals surface area contributed by atoms with Crippen molar-refractivity contribution in [3.63, 3.8) is 0 Å². The maximum atomic E-state index is 13.4. The van der Waals surface area contributed by atoms with Crippen molar-refractivity contribution in [1.29, 1.82) is 0 Å². The van der Waals surface area contributed by atoms with Crippen LogP contribution in [-0.2, 0) is 27.6 Å². The molecule has 5 rings (SSSR count). The molecule has 3 aromatic heterocycles. The Balaban J connectivity index is 1.25. The molecular weight excluding hydrogens is 601 g/mol. The lowest BCUT2D eigenvalue weighted by Gasteiger charge is -2.12. The summed E-state index contributed by atoms with van der Waals surface area (Å²) in [7, 11) is -3.04. The molecule has 218 valence electrons. The fraction of sp³-hybridized carbons (Fsp3) is 0.241. The second-order valence-electron chi connectivity index (χ2n) is 9.22. The maximum absolute atomic E-state index is 13.4. The number of ether oxygens (including phenoxy) is 2. The van der Waals surface area contributed by atoms with Crippen LogP contribution in [0.15, 0.2) is 66.4 Å². The van der Waals surface area contributed by atoms with Crippen LogP contribution in [0.4, 0.5) is 15.9 Å². The topological polar surface area (TPSA) is 116 Å². The quantitative estimate of drug-likeness (QED) is 0.151. The number of nitrogens with zero attached hydrogens (tertiary/aromatic N) is 4.